The first-order chi connectivity index (χ1) is 15.0. The summed E-state index contributed by atoms with van der Waals surface area (Å²) in [5.41, 5.74) is 17.6. The maximum Gasteiger partial charge on any atom is 0.238 e. The lowest BCUT2D eigenvalue weighted by molar-refractivity contribution is -0.126. The zero-order chi connectivity index (χ0) is 21.5. The molecule has 8 nitrogen and oxygen atoms in total. The van der Waals surface area contributed by atoms with Crippen LogP contribution in [0.25, 0.3) is 33.5 Å². The SMILES string of the molecule is NC(=O)CC(N)C(=O)NC1c2ccccc2-c2c(-c3nc4ccncc4[nH]3)cccc21. The molecule has 31 heavy (non-hydrogen) atoms. The highest BCUT2D eigenvalue weighted by Gasteiger charge is 2.33. The van der Waals surface area contributed by atoms with E-state index >= 15 is 0 Å². The predicted octanol–water partition coefficient (Wildman–Crippen LogP) is 2.01. The van der Waals surface area contributed by atoms with Crippen LogP contribution in [0.4, 0.5) is 0 Å². The first-order valence-corrected chi connectivity index (χ1v) is 9.89. The highest BCUT2D eigenvalue weighted by molar-refractivity contribution is 5.94. The number of nitrogens with one attached hydrogen (secondary N) is 2. The summed E-state index contributed by atoms with van der Waals surface area (Å²) in [6.07, 6.45) is 3.24. The fourth-order valence-electron chi connectivity index (χ4n) is 4.15. The number of pyridine rings is 1. The quantitative estimate of drug-likeness (QED) is 0.397. The first-order valence-electron chi connectivity index (χ1n) is 9.89. The van der Waals surface area contributed by atoms with Gasteiger partial charge in [0.15, 0.2) is 0 Å². The van der Waals surface area contributed by atoms with Gasteiger partial charge in [-0.2, -0.15) is 0 Å². The lowest BCUT2D eigenvalue weighted by Gasteiger charge is -2.18. The largest absolute Gasteiger partial charge is 0.370 e. The Labute approximate surface area is 177 Å². The summed E-state index contributed by atoms with van der Waals surface area (Å²) in [7, 11) is 0. The normalized spacial score (nSPS) is 15.3. The number of rotatable bonds is 5. The van der Waals surface area contributed by atoms with Crippen LogP contribution >= 0.6 is 0 Å². The molecular formula is C23H20N6O2. The molecule has 154 valence electrons. The van der Waals surface area contributed by atoms with Crippen molar-refractivity contribution in [2.45, 2.75) is 18.5 Å². The molecule has 2 unspecified atom stereocenters. The van der Waals surface area contributed by atoms with Crippen LogP contribution in [0.2, 0.25) is 0 Å². The van der Waals surface area contributed by atoms with E-state index in [9.17, 15) is 9.59 Å². The highest BCUT2D eigenvalue weighted by atomic mass is 16.2. The van der Waals surface area contributed by atoms with Crippen molar-refractivity contribution < 1.29 is 9.59 Å². The molecule has 0 aliphatic heterocycles. The van der Waals surface area contributed by atoms with Gasteiger partial charge in [-0.05, 0) is 28.3 Å². The van der Waals surface area contributed by atoms with Gasteiger partial charge < -0.3 is 21.8 Å². The molecule has 0 spiro atoms. The van der Waals surface area contributed by atoms with Crippen LogP contribution in [-0.4, -0.2) is 32.8 Å². The van der Waals surface area contributed by atoms with E-state index in [-0.39, 0.29) is 12.5 Å². The second-order valence-electron chi connectivity index (χ2n) is 7.55. The minimum absolute atomic E-state index is 0.208. The summed E-state index contributed by atoms with van der Waals surface area (Å²) in [6.45, 7) is 0. The Morgan fingerprint density at radius 2 is 1.84 bits per heavy atom. The molecule has 2 amide bonds. The molecule has 0 saturated heterocycles. The maximum atomic E-state index is 12.7. The van der Waals surface area contributed by atoms with Crippen LogP contribution in [0.1, 0.15) is 23.6 Å². The van der Waals surface area contributed by atoms with E-state index in [0.29, 0.717) is 0 Å². The van der Waals surface area contributed by atoms with Crippen LogP contribution in [-0.2, 0) is 9.59 Å². The van der Waals surface area contributed by atoms with Crippen molar-refractivity contribution in [3.8, 4) is 22.5 Å². The predicted molar refractivity (Wildman–Crippen MR) is 117 cm³/mol. The number of aromatic amines is 1. The van der Waals surface area contributed by atoms with Gasteiger partial charge in [0.05, 0.1) is 35.7 Å². The third kappa shape index (κ3) is 3.23. The summed E-state index contributed by atoms with van der Waals surface area (Å²) in [5, 5.41) is 2.99. The van der Waals surface area contributed by atoms with Crippen LogP contribution in [0.3, 0.4) is 0 Å². The number of nitrogens with two attached hydrogens (primary N) is 2. The Hall–Kier alpha value is -4.04. The third-order valence-electron chi connectivity index (χ3n) is 5.53. The van der Waals surface area contributed by atoms with Crippen molar-refractivity contribution >= 4 is 22.8 Å². The molecule has 6 N–H and O–H groups in total. The van der Waals surface area contributed by atoms with Crippen molar-refractivity contribution in [2.24, 2.45) is 11.5 Å². The van der Waals surface area contributed by atoms with E-state index in [1.54, 1.807) is 12.4 Å². The smallest absolute Gasteiger partial charge is 0.238 e. The molecule has 4 aromatic rings. The van der Waals surface area contributed by atoms with E-state index < -0.39 is 17.9 Å². The molecule has 1 aliphatic carbocycles. The fraction of sp³-hybridized carbons (Fsp3) is 0.130. The summed E-state index contributed by atoms with van der Waals surface area (Å²) in [4.78, 5) is 36.0. The van der Waals surface area contributed by atoms with Crippen LogP contribution < -0.4 is 16.8 Å². The van der Waals surface area contributed by atoms with Gasteiger partial charge >= 0.3 is 0 Å². The van der Waals surface area contributed by atoms with E-state index in [1.807, 2.05) is 48.5 Å². The minimum Gasteiger partial charge on any atom is -0.370 e. The lowest BCUT2D eigenvalue weighted by Crippen LogP contribution is -2.44. The minimum atomic E-state index is -1.00. The maximum absolute atomic E-state index is 12.7. The topological polar surface area (TPSA) is 140 Å². The number of hydrogen-bond donors (Lipinski definition) is 4. The zero-order valence-electron chi connectivity index (χ0n) is 16.5. The molecule has 2 atom stereocenters. The molecule has 0 saturated carbocycles. The van der Waals surface area contributed by atoms with Gasteiger partial charge in [0.25, 0.3) is 0 Å². The Morgan fingerprint density at radius 1 is 1.06 bits per heavy atom. The summed E-state index contributed by atoms with van der Waals surface area (Å²) in [5.74, 6) is -0.310. The molecule has 5 rings (SSSR count). The molecule has 1 aliphatic rings. The number of H-pyrrole nitrogens is 1. The number of nitrogens with zero attached hydrogens (tertiary/aromatic N) is 2. The van der Waals surface area contributed by atoms with Crippen molar-refractivity contribution in [2.75, 3.05) is 0 Å². The molecule has 2 aromatic carbocycles. The van der Waals surface area contributed by atoms with Gasteiger partial charge in [0, 0.05) is 11.8 Å². The van der Waals surface area contributed by atoms with Crippen LogP contribution in [0, 0.1) is 0 Å². The summed E-state index contributed by atoms with van der Waals surface area (Å²) < 4.78 is 0. The third-order valence-corrected chi connectivity index (χ3v) is 5.53. The van der Waals surface area contributed by atoms with Crippen LogP contribution in [0.15, 0.2) is 60.9 Å². The molecule has 2 heterocycles. The summed E-state index contributed by atoms with van der Waals surface area (Å²) >= 11 is 0. The second-order valence-corrected chi connectivity index (χ2v) is 7.55. The number of primary amides is 1. The number of benzene rings is 2. The number of aromatic nitrogens is 3. The first kappa shape index (κ1) is 19.0. The van der Waals surface area contributed by atoms with E-state index in [0.717, 1.165) is 44.7 Å². The number of amides is 2. The van der Waals surface area contributed by atoms with Crippen molar-refractivity contribution in [3.05, 3.63) is 72.1 Å². The Kier molecular flexibility index (Phi) is 4.48. The number of imidazole rings is 1. The van der Waals surface area contributed by atoms with Crippen molar-refractivity contribution in [1.82, 2.24) is 20.3 Å². The number of hydrogen-bond acceptors (Lipinski definition) is 5. The standard InChI is InChI=1S/C23H20N6O2/c24-16(10-19(25)30)23(31)29-21-13-5-2-1-4-12(13)20-14(21)6-3-7-15(20)22-27-17-8-9-26-11-18(17)28-22/h1-9,11,16,21H,10,24H2,(H2,25,30)(H,27,28)(H,29,31). The van der Waals surface area contributed by atoms with Gasteiger partial charge in [-0.25, -0.2) is 4.98 Å². The van der Waals surface area contributed by atoms with E-state index in [1.165, 1.54) is 0 Å². The van der Waals surface area contributed by atoms with Gasteiger partial charge in [0.2, 0.25) is 11.8 Å². The van der Waals surface area contributed by atoms with Crippen molar-refractivity contribution in [3.63, 3.8) is 0 Å². The molecule has 0 radical (unpaired) electrons. The Morgan fingerprint density at radius 3 is 2.65 bits per heavy atom. The van der Waals surface area contributed by atoms with E-state index in [2.05, 4.69) is 15.3 Å². The van der Waals surface area contributed by atoms with E-state index in [4.69, 9.17) is 16.5 Å². The highest BCUT2D eigenvalue weighted by Crippen LogP contribution is 2.47. The average molecular weight is 412 g/mol. The monoisotopic (exact) mass is 412 g/mol. The Bertz CT molecular complexity index is 1300. The molecule has 8 heteroatoms. The average Bonchev–Trinajstić information content (AvgIpc) is 3.33. The molecular weight excluding hydrogens is 392 g/mol. The van der Waals surface area contributed by atoms with Crippen LogP contribution in [0.5, 0.6) is 0 Å². The number of carbonyl (C=O) groups excluding carboxylic acids is 2. The van der Waals surface area contributed by atoms with Crippen molar-refractivity contribution in [1.29, 1.82) is 0 Å². The van der Waals surface area contributed by atoms with Gasteiger partial charge in [0.1, 0.15) is 5.82 Å². The number of carbonyl (C=O) groups is 2. The fourth-order valence-corrected chi connectivity index (χ4v) is 4.15. The second kappa shape index (κ2) is 7.33. The number of fused-ring (bicyclic) bond motifs is 4. The molecule has 0 bridgehead atoms. The molecule has 0 fully saturated rings. The van der Waals surface area contributed by atoms with Gasteiger partial charge in [-0.1, -0.05) is 42.5 Å². The molecule has 2 aromatic heterocycles. The van der Waals surface area contributed by atoms with Gasteiger partial charge in [-0.15, -0.1) is 0 Å². The summed E-state index contributed by atoms with van der Waals surface area (Å²) in [6, 6.07) is 14.3. The Balaban J connectivity index is 1.60. The lowest BCUT2D eigenvalue weighted by atomic mass is 9.98. The van der Waals surface area contributed by atoms with Gasteiger partial charge in [-0.3, -0.25) is 14.6 Å². The zero-order valence-corrected chi connectivity index (χ0v) is 16.5.